The van der Waals surface area contributed by atoms with Crippen LogP contribution in [0.25, 0.3) is 16.1 Å². The number of nitrogens with zero attached hydrogens (tertiary/aromatic N) is 2. The number of hydrogen-bond donors (Lipinski definition) is 0. The highest BCUT2D eigenvalue weighted by atomic mass is 16.1. The first-order chi connectivity index (χ1) is 8.22. The van der Waals surface area contributed by atoms with Crippen molar-refractivity contribution in [3.8, 4) is 11.1 Å². The van der Waals surface area contributed by atoms with E-state index >= 15 is 0 Å². The Morgan fingerprint density at radius 2 is 1.71 bits per heavy atom. The highest BCUT2D eigenvalue weighted by Crippen LogP contribution is 2.39. The van der Waals surface area contributed by atoms with Crippen molar-refractivity contribution in [2.45, 2.75) is 6.92 Å². The molecule has 0 amide bonds. The number of aryl methyl sites for hydroxylation is 1. The predicted octanol–water partition coefficient (Wildman–Crippen LogP) is 3.69. The maximum atomic E-state index is 12.1. The number of hydrogen-bond acceptors (Lipinski definition) is 2. The third kappa shape index (κ3) is 1.21. The fraction of sp³-hybridized carbons (Fsp3) is 0.0714. The second-order valence-corrected chi connectivity index (χ2v) is 4.16. The molecule has 0 saturated heterocycles. The molecule has 0 radical (unpaired) electrons. The largest absolute Gasteiger partial charge is 0.388 e. The fourth-order valence-corrected chi connectivity index (χ4v) is 2.28. The van der Waals surface area contributed by atoms with Crippen LogP contribution in [-0.2, 0) is 0 Å². The van der Waals surface area contributed by atoms with Crippen LogP contribution in [0.4, 0.5) is 5.69 Å². The molecule has 0 unspecified atom stereocenters. The summed E-state index contributed by atoms with van der Waals surface area (Å²) in [5.74, 6) is 0.000463. The van der Waals surface area contributed by atoms with Gasteiger partial charge in [0.15, 0.2) is 10.8 Å². The first-order valence-electron chi connectivity index (χ1n) is 5.36. The number of ketones is 1. The Kier molecular flexibility index (Phi) is 1.87. The summed E-state index contributed by atoms with van der Waals surface area (Å²) < 4.78 is 0. The van der Waals surface area contributed by atoms with Gasteiger partial charge in [0.05, 0.1) is 0 Å². The zero-order valence-corrected chi connectivity index (χ0v) is 9.27. The predicted molar refractivity (Wildman–Crippen MR) is 64.8 cm³/mol. The van der Waals surface area contributed by atoms with Gasteiger partial charge in [-0.3, -0.25) is 4.79 Å². The average Bonchev–Trinajstić information content (AvgIpc) is 2.63. The van der Waals surface area contributed by atoms with E-state index in [9.17, 15) is 4.79 Å². The van der Waals surface area contributed by atoms with Crippen molar-refractivity contribution >= 4 is 11.5 Å². The highest BCUT2D eigenvalue weighted by Gasteiger charge is 2.29. The van der Waals surface area contributed by atoms with E-state index in [4.69, 9.17) is 5.39 Å². The molecule has 0 N–H and O–H groups in total. The Morgan fingerprint density at radius 3 is 2.41 bits per heavy atom. The molecule has 0 bridgehead atoms. The minimum Gasteiger partial charge on any atom is -0.289 e. The van der Waals surface area contributed by atoms with Gasteiger partial charge in [-0.05, 0) is 24.1 Å². The van der Waals surface area contributed by atoms with E-state index in [0.29, 0.717) is 11.3 Å². The summed E-state index contributed by atoms with van der Waals surface area (Å²) in [5, 5.41) is 8.87. The molecule has 2 aromatic carbocycles. The zero-order valence-electron chi connectivity index (χ0n) is 9.27. The van der Waals surface area contributed by atoms with E-state index in [1.54, 1.807) is 6.07 Å². The van der Waals surface area contributed by atoms with Crippen molar-refractivity contribution in [1.29, 1.82) is 5.39 Å². The van der Waals surface area contributed by atoms with Gasteiger partial charge in [-0.2, -0.15) is 0 Å². The van der Waals surface area contributed by atoms with Crippen LogP contribution in [0.5, 0.6) is 0 Å². The van der Waals surface area contributed by atoms with Crippen LogP contribution in [0.2, 0.25) is 0 Å². The Labute approximate surface area is 98.3 Å². The minimum atomic E-state index is 0.000463. The highest BCUT2D eigenvalue weighted by molar-refractivity contribution is 6.22. The molecule has 1 aliphatic rings. The number of benzene rings is 2. The second kappa shape index (κ2) is 3.26. The number of diazo groups is 1. The van der Waals surface area contributed by atoms with Crippen LogP contribution >= 0.6 is 0 Å². The summed E-state index contributed by atoms with van der Waals surface area (Å²) in [5.41, 5.74) is 4.53. The van der Waals surface area contributed by atoms with Crippen molar-refractivity contribution < 1.29 is 4.79 Å². The van der Waals surface area contributed by atoms with Crippen molar-refractivity contribution in [2.24, 2.45) is 0 Å². The van der Waals surface area contributed by atoms with E-state index in [2.05, 4.69) is 4.98 Å². The Hall–Kier alpha value is -2.47. The molecule has 0 aliphatic heterocycles. The van der Waals surface area contributed by atoms with Gasteiger partial charge in [-0.25, -0.2) is 0 Å². The summed E-state index contributed by atoms with van der Waals surface area (Å²) in [6.07, 6.45) is 0. The normalized spacial score (nSPS) is 11.9. The first kappa shape index (κ1) is 9.73. The van der Waals surface area contributed by atoms with Gasteiger partial charge >= 0.3 is 5.69 Å². The molecular formula is C14H9N2O+. The average molecular weight is 221 g/mol. The molecule has 17 heavy (non-hydrogen) atoms. The molecular weight excluding hydrogens is 212 g/mol. The van der Waals surface area contributed by atoms with E-state index < -0.39 is 0 Å². The van der Waals surface area contributed by atoms with E-state index in [1.165, 1.54) is 0 Å². The number of fused-ring (bicyclic) bond motifs is 3. The number of carbonyl (C=O) groups excluding carboxylic acids is 1. The molecule has 80 valence electrons. The molecule has 0 fully saturated rings. The van der Waals surface area contributed by atoms with Gasteiger partial charge in [0.25, 0.3) is 0 Å². The standard InChI is InChI=1S/C14H9N2O/c1-8-6-11-9-4-2-3-5-10(9)14(17)12(11)7-13(8)16-15/h2-7H,1H3/q+1. The molecule has 1 aliphatic carbocycles. The van der Waals surface area contributed by atoms with Gasteiger partial charge in [0.1, 0.15) is 0 Å². The molecule has 0 spiro atoms. The molecule has 0 atom stereocenters. The topological polar surface area (TPSA) is 45.2 Å². The molecule has 3 heteroatoms. The van der Waals surface area contributed by atoms with E-state index in [1.807, 2.05) is 37.3 Å². The summed E-state index contributed by atoms with van der Waals surface area (Å²) in [6.45, 7) is 1.86. The van der Waals surface area contributed by atoms with Crippen LogP contribution in [0.15, 0.2) is 36.4 Å². The maximum absolute atomic E-state index is 12.1. The van der Waals surface area contributed by atoms with E-state index in [0.717, 1.165) is 22.3 Å². The van der Waals surface area contributed by atoms with Crippen LogP contribution in [-0.4, -0.2) is 5.78 Å². The van der Waals surface area contributed by atoms with Gasteiger partial charge in [0, 0.05) is 22.8 Å². The van der Waals surface area contributed by atoms with Gasteiger partial charge in [-0.15, -0.1) is 0 Å². The lowest BCUT2D eigenvalue weighted by Crippen LogP contribution is -1.94. The van der Waals surface area contributed by atoms with Crippen LogP contribution in [0.3, 0.4) is 0 Å². The Balaban J connectivity index is 2.37. The Bertz CT molecular complexity index is 696. The molecule has 0 heterocycles. The van der Waals surface area contributed by atoms with Crippen molar-refractivity contribution in [3.63, 3.8) is 0 Å². The summed E-state index contributed by atoms with van der Waals surface area (Å²) in [7, 11) is 0. The monoisotopic (exact) mass is 221 g/mol. The van der Waals surface area contributed by atoms with Crippen molar-refractivity contribution in [1.82, 2.24) is 0 Å². The molecule has 0 aromatic heterocycles. The lowest BCUT2D eigenvalue weighted by atomic mass is 10.0. The van der Waals surface area contributed by atoms with Crippen LogP contribution < -0.4 is 0 Å². The van der Waals surface area contributed by atoms with Crippen LogP contribution in [0, 0.1) is 12.3 Å². The van der Waals surface area contributed by atoms with Gasteiger partial charge in [0.2, 0.25) is 5.39 Å². The lowest BCUT2D eigenvalue weighted by Gasteiger charge is -1.98. The smallest absolute Gasteiger partial charge is 0.289 e. The number of carbonyl (C=O) groups is 1. The van der Waals surface area contributed by atoms with Gasteiger partial charge in [-0.1, -0.05) is 24.3 Å². The third-order valence-corrected chi connectivity index (χ3v) is 3.15. The first-order valence-corrected chi connectivity index (χ1v) is 5.36. The van der Waals surface area contributed by atoms with Crippen LogP contribution in [0.1, 0.15) is 21.5 Å². The minimum absolute atomic E-state index is 0.000463. The molecule has 3 nitrogen and oxygen atoms in total. The van der Waals surface area contributed by atoms with E-state index in [-0.39, 0.29) is 5.78 Å². The quantitative estimate of drug-likeness (QED) is 0.543. The third-order valence-electron chi connectivity index (χ3n) is 3.15. The summed E-state index contributed by atoms with van der Waals surface area (Å²) in [6, 6.07) is 11.1. The SMILES string of the molecule is Cc1cc2c(cc1[N+]#N)C(=O)c1ccccc1-2. The van der Waals surface area contributed by atoms with Crippen molar-refractivity contribution in [2.75, 3.05) is 0 Å². The molecule has 3 rings (SSSR count). The molecule has 0 saturated carbocycles. The summed E-state index contributed by atoms with van der Waals surface area (Å²) in [4.78, 5) is 15.3. The molecule has 2 aromatic rings. The number of rotatable bonds is 0. The maximum Gasteiger partial charge on any atom is 0.388 e. The Morgan fingerprint density at radius 1 is 1.00 bits per heavy atom. The summed E-state index contributed by atoms with van der Waals surface area (Å²) >= 11 is 0. The fourth-order valence-electron chi connectivity index (χ4n) is 2.28. The lowest BCUT2D eigenvalue weighted by molar-refractivity contribution is 0.104. The second-order valence-electron chi connectivity index (χ2n) is 4.16. The van der Waals surface area contributed by atoms with Gasteiger partial charge < -0.3 is 0 Å². The zero-order chi connectivity index (χ0) is 12.0. The van der Waals surface area contributed by atoms with Crippen molar-refractivity contribution in [3.05, 3.63) is 58.1 Å².